The van der Waals surface area contributed by atoms with E-state index in [9.17, 15) is 23.2 Å². The molecule has 2 aliphatic heterocycles. The molecule has 2 aliphatic rings. The number of pyridine rings is 1. The van der Waals surface area contributed by atoms with Crippen molar-refractivity contribution in [1.29, 1.82) is 0 Å². The van der Waals surface area contributed by atoms with Gasteiger partial charge in [0.1, 0.15) is 0 Å². The Kier molecular flexibility index (Phi) is 8.36. The van der Waals surface area contributed by atoms with Crippen LogP contribution in [0.2, 0.25) is 0 Å². The Morgan fingerprint density at radius 1 is 0.952 bits per heavy atom. The fraction of sp³-hybridized carbons (Fsp3) is 0.455. The minimum absolute atomic E-state index is 0.0232. The molecule has 0 bridgehead atoms. The molecule has 2 fully saturated rings. The zero-order chi connectivity index (χ0) is 30.2. The molecule has 0 saturated carbocycles. The number of piperidine rings is 1. The van der Waals surface area contributed by atoms with E-state index in [1.165, 1.54) is 30.1 Å². The number of halogens is 3. The summed E-state index contributed by atoms with van der Waals surface area (Å²) in [7, 11) is 0. The molecule has 224 valence electrons. The van der Waals surface area contributed by atoms with Crippen LogP contribution in [0.3, 0.4) is 0 Å². The molecule has 1 amide bonds. The number of likely N-dealkylation sites (tertiary alicyclic amines) is 1. The van der Waals surface area contributed by atoms with Gasteiger partial charge in [0, 0.05) is 61.5 Å². The van der Waals surface area contributed by atoms with E-state index >= 15 is 0 Å². The highest BCUT2D eigenvalue weighted by Crippen LogP contribution is 2.39. The van der Waals surface area contributed by atoms with E-state index in [4.69, 9.17) is 0 Å². The zero-order valence-electron chi connectivity index (χ0n) is 24.7. The minimum atomic E-state index is -4.35. The van der Waals surface area contributed by atoms with Gasteiger partial charge in [0.2, 0.25) is 0 Å². The lowest BCUT2D eigenvalue weighted by Gasteiger charge is -2.53. The second-order valence-electron chi connectivity index (χ2n) is 12.1. The third-order valence-corrected chi connectivity index (χ3v) is 9.36. The molecule has 42 heavy (non-hydrogen) atoms. The second kappa shape index (κ2) is 11.7. The lowest BCUT2D eigenvalue weighted by atomic mass is 9.85. The summed E-state index contributed by atoms with van der Waals surface area (Å²) in [6.07, 6.45) is 0.211. The van der Waals surface area contributed by atoms with Crippen LogP contribution < -0.4 is 4.73 Å². The van der Waals surface area contributed by atoms with Crippen LogP contribution in [0, 0.1) is 19.1 Å². The van der Waals surface area contributed by atoms with Crippen molar-refractivity contribution in [3.05, 3.63) is 106 Å². The van der Waals surface area contributed by atoms with Gasteiger partial charge in [-0.2, -0.15) is 17.9 Å². The van der Waals surface area contributed by atoms with Crippen LogP contribution in [0.5, 0.6) is 0 Å². The van der Waals surface area contributed by atoms with Crippen molar-refractivity contribution in [3.8, 4) is 0 Å². The van der Waals surface area contributed by atoms with Gasteiger partial charge in [-0.15, -0.1) is 0 Å². The summed E-state index contributed by atoms with van der Waals surface area (Å²) in [5.41, 5.74) is 3.31. The Balaban J connectivity index is 1.32. The Bertz CT molecular complexity index is 1380. The minimum Gasteiger partial charge on any atom is -0.619 e. The SMILES string of the molecule is Cc1c[n+]([O-])cc(C)c1C(=O)N1CCC(C)(N2CCN([C@@H](C)c3ccc(C(F)(F)F)cc3)[C@@H](c3ccccc3)C2)CC1. The van der Waals surface area contributed by atoms with Crippen LogP contribution in [0.25, 0.3) is 0 Å². The number of carbonyl (C=O) groups excluding carboxylic acids is 1. The van der Waals surface area contributed by atoms with Crippen molar-refractivity contribution >= 4 is 5.91 Å². The van der Waals surface area contributed by atoms with E-state index in [-0.39, 0.29) is 23.5 Å². The van der Waals surface area contributed by atoms with E-state index in [1.54, 1.807) is 26.0 Å². The number of benzene rings is 2. The van der Waals surface area contributed by atoms with Gasteiger partial charge in [0.25, 0.3) is 5.91 Å². The Morgan fingerprint density at radius 2 is 1.55 bits per heavy atom. The average Bonchev–Trinajstić information content (AvgIpc) is 2.96. The lowest BCUT2D eigenvalue weighted by molar-refractivity contribution is -0.606. The van der Waals surface area contributed by atoms with Crippen LogP contribution in [-0.4, -0.2) is 58.9 Å². The van der Waals surface area contributed by atoms with Crippen molar-refractivity contribution < 1.29 is 22.7 Å². The second-order valence-corrected chi connectivity index (χ2v) is 12.1. The third-order valence-electron chi connectivity index (χ3n) is 9.36. The summed E-state index contributed by atoms with van der Waals surface area (Å²) >= 11 is 0. The van der Waals surface area contributed by atoms with E-state index < -0.39 is 11.7 Å². The molecule has 9 heteroatoms. The number of piperazine rings is 1. The molecule has 0 radical (unpaired) electrons. The molecule has 2 aromatic carbocycles. The summed E-state index contributed by atoms with van der Waals surface area (Å²) in [5.74, 6) is -0.0232. The summed E-state index contributed by atoms with van der Waals surface area (Å²) < 4.78 is 40.3. The maximum atomic E-state index is 13.4. The summed E-state index contributed by atoms with van der Waals surface area (Å²) in [6, 6.07) is 15.9. The Hall–Kier alpha value is -3.43. The number of rotatable bonds is 5. The summed E-state index contributed by atoms with van der Waals surface area (Å²) in [5, 5.41) is 11.8. The first-order chi connectivity index (χ1) is 19.9. The molecule has 0 unspecified atom stereocenters. The van der Waals surface area contributed by atoms with Crippen LogP contribution in [-0.2, 0) is 6.18 Å². The first-order valence-electron chi connectivity index (χ1n) is 14.6. The number of hydrogen-bond acceptors (Lipinski definition) is 4. The third kappa shape index (κ3) is 6.03. The smallest absolute Gasteiger partial charge is 0.416 e. The summed E-state index contributed by atoms with van der Waals surface area (Å²) in [6.45, 7) is 11.6. The van der Waals surface area contributed by atoms with Crippen molar-refractivity contribution in [2.75, 3.05) is 32.7 Å². The first kappa shape index (κ1) is 30.0. The van der Waals surface area contributed by atoms with Crippen LogP contribution in [0.4, 0.5) is 13.2 Å². The van der Waals surface area contributed by atoms with Crippen molar-refractivity contribution in [2.45, 2.75) is 64.3 Å². The molecule has 6 nitrogen and oxygen atoms in total. The standard InChI is InChI=1S/C33H39F3N4O2/c1-23-20-39(42)21-24(2)30(23)31(41)37-16-14-32(4,15-17-37)38-18-19-40(29(22-38)27-8-6-5-7-9-27)25(3)26-10-12-28(13-11-26)33(34,35)36/h5-13,20-21,25,29H,14-19,22H2,1-4H3/t25-,29+/m0/s1. The number of aryl methyl sites for hydroxylation is 2. The first-order valence-corrected chi connectivity index (χ1v) is 14.6. The Labute approximate surface area is 245 Å². The van der Waals surface area contributed by atoms with Gasteiger partial charge in [-0.3, -0.25) is 14.6 Å². The van der Waals surface area contributed by atoms with E-state index in [0.29, 0.717) is 29.8 Å². The molecular weight excluding hydrogens is 541 g/mol. The molecule has 0 spiro atoms. The fourth-order valence-corrected chi connectivity index (χ4v) is 6.73. The van der Waals surface area contributed by atoms with Crippen molar-refractivity contribution in [3.63, 3.8) is 0 Å². The molecular formula is C33H39F3N4O2. The van der Waals surface area contributed by atoms with Gasteiger partial charge in [0.15, 0.2) is 12.4 Å². The highest BCUT2D eigenvalue weighted by Gasteiger charge is 2.42. The molecule has 2 atom stereocenters. The van der Waals surface area contributed by atoms with Gasteiger partial charge in [-0.05, 0) is 63.8 Å². The maximum Gasteiger partial charge on any atom is 0.416 e. The molecule has 1 aromatic heterocycles. The highest BCUT2D eigenvalue weighted by atomic mass is 19.4. The monoisotopic (exact) mass is 580 g/mol. The average molecular weight is 581 g/mol. The van der Waals surface area contributed by atoms with Crippen LogP contribution >= 0.6 is 0 Å². The van der Waals surface area contributed by atoms with Crippen LogP contribution in [0.1, 0.15) is 76.9 Å². The number of carbonyl (C=O) groups is 1. The molecule has 0 aliphatic carbocycles. The number of aromatic nitrogens is 1. The van der Waals surface area contributed by atoms with Gasteiger partial charge in [-0.25, -0.2) is 0 Å². The van der Waals surface area contributed by atoms with E-state index in [1.807, 2.05) is 23.1 Å². The topological polar surface area (TPSA) is 53.7 Å². The van der Waals surface area contributed by atoms with Crippen LogP contribution in [0.15, 0.2) is 67.0 Å². The molecule has 3 aromatic rings. The van der Waals surface area contributed by atoms with Gasteiger partial charge in [0.05, 0.1) is 11.1 Å². The van der Waals surface area contributed by atoms with Gasteiger partial charge >= 0.3 is 6.18 Å². The normalized spacial score (nSPS) is 20.8. The number of hydrogen-bond donors (Lipinski definition) is 0. The molecule has 2 saturated heterocycles. The van der Waals surface area contributed by atoms with Gasteiger partial charge in [-0.1, -0.05) is 42.5 Å². The van der Waals surface area contributed by atoms with Crippen molar-refractivity contribution in [2.24, 2.45) is 0 Å². The summed E-state index contributed by atoms with van der Waals surface area (Å²) in [4.78, 5) is 20.3. The maximum absolute atomic E-state index is 13.4. The van der Waals surface area contributed by atoms with Crippen molar-refractivity contribution in [1.82, 2.24) is 14.7 Å². The van der Waals surface area contributed by atoms with E-state index in [0.717, 1.165) is 42.8 Å². The molecule has 5 rings (SSSR count). The molecule has 0 N–H and O–H groups in total. The number of amides is 1. The van der Waals surface area contributed by atoms with Gasteiger partial charge < -0.3 is 10.1 Å². The van der Waals surface area contributed by atoms with E-state index in [2.05, 4.69) is 35.8 Å². The fourth-order valence-electron chi connectivity index (χ4n) is 6.73. The lowest BCUT2D eigenvalue weighted by Crippen LogP contribution is -2.60. The predicted octanol–water partition coefficient (Wildman–Crippen LogP) is 6.07. The quantitative estimate of drug-likeness (QED) is 0.272. The molecule has 3 heterocycles. The zero-order valence-corrected chi connectivity index (χ0v) is 24.7. The number of alkyl halides is 3. The number of nitrogens with zero attached hydrogens (tertiary/aromatic N) is 4. The Morgan fingerprint density at radius 3 is 2.12 bits per heavy atom. The largest absolute Gasteiger partial charge is 0.619 e. The highest BCUT2D eigenvalue weighted by molar-refractivity contribution is 5.96. The predicted molar refractivity (Wildman–Crippen MR) is 156 cm³/mol.